The summed E-state index contributed by atoms with van der Waals surface area (Å²) in [5.74, 6) is 0. The first-order valence-electron chi connectivity index (χ1n) is 3.00. The zero-order valence-electron chi connectivity index (χ0n) is 6.11. The predicted molar refractivity (Wildman–Crippen MR) is 44.3 cm³/mol. The molecule has 0 aliphatic heterocycles. The van der Waals surface area contributed by atoms with Gasteiger partial charge in [-0.2, -0.15) is 5.10 Å². The van der Waals surface area contributed by atoms with Crippen LogP contribution >= 0.6 is 12.4 Å². The smallest absolute Gasteiger partial charge is 0.0719 e. The van der Waals surface area contributed by atoms with Gasteiger partial charge >= 0.3 is 0 Å². The summed E-state index contributed by atoms with van der Waals surface area (Å²) in [6, 6.07) is 0.405. The highest BCUT2D eigenvalue weighted by Gasteiger charge is 1.96. The van der Waals surface area contributed by atoms with Gasteiger partial charge in [-0.3, -0.25) is 4.68 Å². The average molecular weight is 162 g/mol. The first-order chi connectivity index (χ1) is 4.20. The SMILES string of the molecule is CC(C)n1cc(N)cn1.Cl. The van der Waals surface area contributed by atoms with Gasteiger partial charge < -0.3 is 5.73 Å². The lowest BCUT2D eigenvalue weighted by atomic mass is 10.4. The molecule has 0 aliphatic carbocycles. The Morgan fingerprint density at radius 1 is 1.60 bits per heavy atom. The second-order valence-electron chi connectivity index (χ2n) is 2.35. The monoisotopic (exact) mass is 161 g/mol. The number of halogens is 1. The van der Waals surface area contributed by atoms with Gasteiger partial charge in [0.05, 0.1) is 11.9 Å². The van der Waals surface area contributed by atoms with Crippen molar-refractivity contribution in [3.63, 3.8) is 0 Å². The highest BCUT2D eigenvalue weighted by Crippen LogP contribution is 2.04. The van der Waals surface area contributed by atoms with Crippen LogP contribution in [0, 0.1) is 0 Å². The lowest BCUT2D eigenvalue weighted by molar-refractivity contribution is 0.532. The van der Waals surface area contributed by atoms with E-state index in [0.717, 1.165) is 5.69 Å². The van der Waals surface area contributed by atoms with Gasteiger partial charge in [-0.1, -0.05) is 0 Å². The zero-order valence-corrected chi connectivity index (χ0v) is 6.93. The maximum absolute atomic E-state index is 5.43. The molecule has 0 amide bonds. The van der Waals surface area contributed by atoms with Crippen LogP contribution in [0.2, 0.25) is 0 Å². The Balaban J connectivity index is 0.000000810. The highest BCUT2D eigenvalue weighted by atomic mass is 35.5. The quantitative estimate of drug-likeness (QED) is 0.678. The van der Waals surface area contributed by atoms with Crippen LogP contribution in [-0.2, 0) is 0 Å². The summed E-state index contributed by atoms with van der Waals surface area (Å²) in [5.41, 5.74) is 6.16. The van der Waals surface area contributed by atoms with Crippen molar-refractivity contribution in [3.05, 3.63) is 12.4 Å². The summed E-state index contributed by atoms with van der Waals surface area (Å²) in [5, 5.41) is 4.01. The number of nitrogens with zero attached hydrogens (tertiary/aromatic N) is 2. The molecule has 1 heterocycles. The van der Waals surface area contributed by atoms with Crippen LogP contribution in [-0.4, -0.2) is 9.78 Å². The zero-order chi connectivity index (χ0) is 6.85. The molecule has 4 heteroatoms. The first-order valence-corrected chi connectivity index (χ1v) is 3.00. The maximum Gasteiger partial charge on any atom is 0.0719 e. The molecule has 10 heavy (non-hydrogen) atoms. The Kier molecular flexibility index (Phi) is 3.22. The fourth-order valence-corrected chi connectivity index (χ4v) is 0.635. The number of aromatic nitrogens is 2. The van der Waals surface area contributed by atoms with Crippen LogP contribution < -0.4 is 5.73 Å². The lowest BCUT2D eigenvalue weighted by Gasteiger charge is -2.01. The summed E-state index contributed by atoms with van der Waals surface area (Å²) in [6.07, 6.45) is 3.48. The minimum absolute atomic E-state index is 0. The third-order valence-electron chi connectivity index (χ3n) is 1.15. The van der Waals surface area contributed by atoms with E-state index < -0.39 is 0 Å². The molecule has 58 valence electrons. The van der Waals surface area contributed by atoms with Gasteiger partial charge in [0.25, 0.3) is 0 Å². The Bertz CT molecular complexity index is 195. The van der Waals surface area contributed by atoms with Gasteiger partial charge in [0.1, 0.15) is 0 Å². The number of rotatable bonds is 1. The number of anilines is 1. The standard InChI is InChI=1S/C6H11N3.ClH/c1-5(2)9-4-6(7)3-8-9;/h3-5H,7H2,1-2H3;1H. The third kappa shape index (κ3) is 1.92. The molecule has 0 aliphatic rings. The first kappa shape index (κ1) is 9.30. The Labute approximate surface area is 66.6 Å². The van der Waals surface area contributed by atoms with E-state index in [9.17, 15) is 0 Å². The molecule has 0 atom stereocenters. The third-order valence-corrected chi connectivity index (χ3v) is 1.15. The predicted octanol–water partition coefficient (Wildman–Crippen LogP) is 1.47. The maximum atomic E-state index is 5.43. The Hall–Kier alpha value is -0.700. The van der Waals surface area contributed by atoms with Crippen LogP contribution in [0.25, 0.3) is 0 Å². The van der Waals surface area contributed by atoms with Crippen LogP contribution in [0.4, 0.5) is 5.69 Å². The average Bonchev–Trinajstić information content (AvgIpc) is 2.14. The summed E-state index contributed by atoms with van der Waals surface area (Å²) in [7, 11) is 0. The van der Waals surface area contributed by atoms with Crippen molar-refractivity contribution < 1.29 is 0 Å². The molecule has 3 nitrogen and oxygen atoms in total. The molecule has 0 radical (unpaired) electrons. The minimum atomic E-state index is 0. The van der Waals surface area contributed by atoms with Gasteiger partial charge in [0.15, 0.2) is 0 Å². The van der Waals surface area contributed by atoms with Crippen LogP contribution in [0.5, 0.6) is 0 Å². The Morgan fingerprint density at radius 3 is 2.40 bits per heavy atom. The molecule has 2 N–H and O–H groups in total. The van der Waals surface area contributed by atoms with Gasteiger partial charge in [-0.05, 0) is 13.8 Å². The number of hydrogen-bond acceptors (Lipinski definition) is 2. The summed E-state index contributed by atoms with van der Waals surface area (Å²) < 4.78 is 1.83. The number of nitrogens with two attached hydrogens (primary N) is 1. The highest BCUT2D eigenvalue weighted by molar-refractivity contribution is 5.85. The van der Waals surface area contributed by atoms with E-state index >= 15 is 0 Å². The van der Waals surface area contributed by atoms with E-state index in [-0.39, 0.29) is 12.4 Å². The van der Waals surface area contributed by atoms with Gasteiger partial charge in [-0.25, -0.2) is 0 Å². The number of hydrogen-bond donors (Lipinski definition) is 1. The minimum Gasteiger partial charge on any atom is -0.396 e. The van der Waals surface area contributed by atoms with E-state index in [4.69, 9.17) is 5.73 Å². The molecule has 0 saturated carbocycles. The molecule has 1 aromatic heterocycles. The molecule has 1 rings (SSSR count). The van der Waals surface area contributed by atoms with Crippen molar-refractivity contribution in [2.45, 2.75) is 19.9 Å². The summed E-state index contributed by atoms with van der Waals surface area (Å²) in [6.45, 7) is 4.12. The van der Waals surface area contributed by atoms with E-state index in [0.29, 0.717) is 6.04 Å². The van der Waals surface area contributed by atoms with E-state index in [1.54, 1.807) is 6.20 Å². The second kappa shape index (κ2) is 3.46. The molecule has 0 saturated heterocycles. The van der Waals surface area contributed by atoms with Gasteiger partial charge in [0.2, 0.25) is 0 Å². The topological polar surface area (TPSA) is 43.8 Å². The molecule has 1 aromatic rings. The van der Waals surface area contributed by atoms with Crippen molar-refractivity contribution >= 4 is 18.1 Å². The molecular formula is C6H12ClN3. The van der Waals surface area contributed by atoms with Crippen LogP contribution in [0.1, 0.15) is 19.9 Å². The van der Waals surface area contributed by atoms with Crippen molar-refractivity contribution in [1.82, 2.24) is 9.78 Å². The van der Waals surface area contributed by atoms with E-state index in [1.807, 2.05) is 10.9 Å². The van der Waals surface area contributed by atoms with Crippen molar-refractivity contribution in [2.24, 2.45) is 0 Å². The molecule has 0 aromatic carbocycles. The molecule has 0 spiro atoms. The molecule has 0 bridgehead atoms. The van der Waals surface area contributed by atoms with Gasteiger partial charge in [-0.15, -0.1) is 12.4 Å². The number of nitrogen functional groups attached to an aromatic ring is 1. The second-order valence-corrected chi connectivity index (χ2v) is 2.35. The van der Waals surface area contributed by atoms with Crippen molar-refractivity contribution in [2.75, 3.05) is 5.73 Å². The fourth-order valence-electron chi connectivity index (χ4n) is 0.635. The van der Waals surface area contributed by atoms with Crippen molar-refractivity contribution in [3.8, 4) is 0 Å². The van der Waals surface area contributed by atoms with Gasteiger partial charge in [0, 0.05) is 12.2 Å². The molecular weight excluding hydrogens is 150 g/mol. The van der Waals surface area contributed by atoms with Crippen molar-refractivity contribution in [1.29, 1.82) is 0 Å². The molecule has 0 unspecified atom stereocenters. The molecule has 0 fully saturated rings. The van der Waals surface area contributed by atoms with Crippen LogP contribution in [0.3, 0.4) is 0 Å². The lowest BCUT2D eigenvalue weighted by Crippen LogP contribution is -1.99. The summed E-state index contributed by atoms with van der Waals surface area (Å²) >= 11 is 0. The van der Waals surface area contributed by atoms with Crippen LogP contribution in [0.15, 0.2) is 12.4 Å². The normalized spacial score (nSPS) is 9.50. The fraction of sp³-hybridized carbons (Fsp3) is 0.500. The van der Waals surface area contributed by atoms with E-state index in [2.05, 4.69) is 18.9 Å². The summed E-state index contributed by atoms with van der Waals surface area (Å²) in [4.78, 5) is 0. The van der Waals surface area contributed by atoms with E-state index in [1.165, 1.54) is 0 Å². The largest absolute Gasteiger partial charge is 0.396 e. The Morgan fingerprint density at radius 2 is 2.20 bits per heavy atom.